The van der Waals surface area contributed by atoms with Crippen LogP contribution in [0, 0.1) is 0 Å². The first-order valence-electron chi connectivity index (χ1n) is 14.9. The number of amides is 4. The van der Waals surface area contributed by atoms with E-state index in [9.17, 15) is 23.4 Å². The second kappa shape index (κ2) is 15.0. The van der Waals surface area contributed by atoms with Crippen LogP contribution in [0.25, 0.3) is 0 Å². The molecule has 5 rings (SSSR count). The molecule has 3 atom stereocenters. The van der Waals surface area contributed by atoms with Gasteiger partial charge in [-0.2, -0.15) is 4.21 Å². The highest BCUT2D eigenvalue weighted by Gasteiger charge is 2.51. The molecule has 2 aliphatic rings. The number of hydrogen-bond donors (Lipinski definition) is 2. The van der Waals surface area contributed by atoms with Crippen LogP contribution in [-0.2, 0) is 45.1 Å². The lowest BCUT2D eigenvalue weighted by molar-refractivity contribution is -0.189. The van der Waals surface area contributed by atoms with E-state index < -0.39 is 35.5 Å². The van der Waals surface area contributed by atoms with Crippen molar-refractivity contribution in [1.29, 1.82) is 0 Å². The number of hydrogen-bond acceptors (Lipinski definition) is 8. The minimum atomic E-state index is -2.00. The molecule has 0 bridgehead atoms. The number of hydrazine groups is 1. The molecule has 14 heteroatoms. The summed E-state index contributed by atoms with van der Waals surface area (Å²) in [5, 5.41) is 11.3. The molecule has 13 nitrogen and oxygen atoms in total. The molecule has 3 aromatic carbocycles. The molecule has 0 spiro atoms. The average Bonchev–Trinajstić information content (AvgIpc) is 3.06. The monoisotopic (exact) mass is 660 g/mol. The number of ether oxygens (including phenoxy) is 1. The third-order valence-electron chi connectivity index (χ3n) is 7.92. The number of piperazine rings is 1. The predicted molar refractivity (Wildman–Crippen MR) is 173 cm³/mol. The largest absolute Gasteiger partial charge is 0.465 e. The summed E-state index contributed by atoms with van der Waals surface area (Å²) < 4.78 is 21.2. The maximum absolute atomic E-state index is 14.2. The van der Waals surface area contributed by atoms with Crippen molar-refractivity contribution in [3.05, 3.63) is 114 Å². The van der Waals surface area contributed by atoms with E-state index in [1.165, 1.54) is 17.0 Å². The van der Waals surface area contributed by atoms with Crippen LogP contribution in [0.2, 0.25) is 0 Å². The Kier molecular flexibility index (Phi) is 10.7. The molecule has 4 amide bonds. The zero-order chi connectivity index (χ0) is 33.5. The number of urea groups is 1. The summed E-state index contributed by atoms with van der Waals surface area (Å²) in [6, 6.07) is 21.4. The number of methoxy groups -OCH3 is 1. The highest BCUT2D eigenvalue weighted by atomic mass is 32.2. The summed E-state index contributed by atoms with van der Waals surface area (Å²) in [4.78, 5) is 57.2. The summed E-state index contributed by atoms with van der Waals surface area (Å²) in [6.07, 6.45) is 0.896. The maximum Gasteiger partial charge on any atom is 0.337 e. The number of nitrogens with zero attached hydrogens (tertiary/aromatic N) is 4. The van der Waals surface area contributed by atoms with Crippen molar-refractivity contribution in [2.24, 2.45) is 5.14 Å². The predicted octanol–water partition coefficient (Wildman–Crippen LogP) is 2.13. The highest BCUT2D eigenvalue weighted by molar-refractivity contribution is 7.78. The van der Waals surface area contributed by atoms with Crippen LogP contribution < -0.4 is 14.6 Å². The lowest BCUT2D eigenvalue weighted by Crippen LogP contribution is -2.76. The fraction of sp³-hybridized carbons (Fsp3) is 0.273. The molecular weight excluding hydrogens is 624 g/mol. The van der Waals surface area contributed by atoms with Crippen LogP contribution >= 0.6 is 0 Å². The molecule has 0 radical (unpaired) electrons. The van der Waals surface area contributed by atoms with E-state index >= 15 is 0 Å². The summed E-state index contributed by atoms with van der Waals surface area (Å²) in [5.74, 6) is -0.854. The molecule has 2 saturated heterocycles. The zero-order valence-corrected chi connectivity index (χ0v) is 26.6. The first-order valence-corrected chi connectivity index (χ1v) is 16.0. The van der Waals surface area contributed by atoms with Gasteiger partial charge < -0.3 is 24.0 Å². The van der Waals surface area contributed by atoms with Gasteiger partial charge in [-0.15, -0.1) is 6.58 Å². The van der Waals surface area contributed by atoms with Crippen molar-refractivity contribution in [1.82, 2.24) is 25.1 Å². The molecular formula is C33H36N6O7S. The van der Waals surface area contributed by atoms with E-state index in [1.807, 2.05) is 30.3 Å². The van der Waals surface area contributed by atoms with E-state index in [1.54, 1.807) is 64.5 Å². The van der Waals surface area contributed by atoms with E-state index in [0.29, 0.717) is 16.7 Å². The van der Waals surface area contributed by atoms with Crippen molar-refractivity contribution >= 4 is 35.1 Å². The molecule has 47 heavy (non-hydrogen) atoms. The quantitative estimate of drug-likeness (QED) is 0.234. The van der Waals surface area contributed by atoms with Crippen molar-refractivity contribution in [3.63, 3.8) is 0 Å². The molecule has 246 valence electrons. The molecule has 2 fully saturated rings. The van der Waals surface area contributed by atoms with Crippen LogP contribution in [0.5, 0.6) is 5.75 Å². The first kappa shape index (κ1) is 33.3. The van der Waals surface area contributed by atoms with Gasteiger partial charge in [0.05, 0.1) is 25.8 Å². The highest BCUT2D eigenvalue weighted by Crippen LogP contribution is 2.30. The topological polar surface area (TPSA) is 155 Å². The molecule has 3 N–H and O–H groups in total. The SMILES string of the molecule is C=CCN1CC(=O)N2[C@@H](Cc3ccc(OS(N)=O)cc3)C(=O)N(Cc3cccc(C(=O)OC)c3)C[C@@H]2N1C(=O)NCc1ccccc1. The second-order valence-electron chi connectivity index (χ2n) is 11.0. The molecule has 1 unspecified atom stereocenters. The molecule has 3 aromatic rings. The second-order valence-corrected chi connectivity index (χ2v) is 11.7. The van der Waals surface area contributed by atoms with Crippen molar-refractivity contribution in [2.45, 2.75) is 31.7 Å². The van der Waals surface area contributed by atoms with E-state index in [2.05, 4.69) is 11.9 Å². The van der Waals surface area contributed by atoms with Gasteiger partial charge in [-0.25, -0.2) is 24.7 Å². The molecule has 2 heterocycles. The van der Waals surface area contributed by atoms with E-state index in [-0.39, 0.29) is 56.7 Å². The van der Waals surface area contributed by atoms with Crippen LogP contribution in [0.1, 0.15) is 27.0 Å². The third-order valence-corrected chi connectivity index (χ3v) is 8.27. The van der Waals surface area contributed by atoms with Crippen molar-refractivity contribution in [3.8, 4) is 5.75 Å². The minimum absolute atomic E-state index is 0.0189. The molecule has 2 aliphatic heterocycles. The number of carbonyl (C=O) groups is 4. The normalized spacial score (nSPS) is 18.7. The number of rotatable bonds is 11. The number of nitrogens with two attached hydrogens (primary N) is 1. The number of benzene rings is 3. The summed E-state index contributed by atoms with van der Waals surface area (Å²) >= 11 is -2.00. The van der Waals surface area contributed by atoms with Crippen LogP contribution in [0.3, 0.4) is 0 Å². The number of nitrogens with one attached hydrogen (secondary N) is 1. The van der Waals surface area contributed by atoms with Gasteiger partial charge >= 0.3 is 12.0 Å². The van der Waals surface area contributed by atoms with Gasteiger partial charge in [-0.05, 0) is 41.0 Å². The summed E-state index contributed by atoms with van der Waals surface area (Å²) in [6.45, 7) is 4.29. The van der Waals surface area contributed by atoms with E-state index in [0.717, 1.165) is 5.56 Å². The minimum Gasteiger partial charge on any atom is -0.465 e. The van der Waals surface area contributed by atoms with Crippen molar-refractivity contribution in [2.75, 3.05) is 26.7 Å². The Hall–Kier alpha value is -5.05. The lowest BCUT2D eigenvalue weighted by Gasteiger charge is -2.55. The molecule has 0 aromatic heterocycles. The van der Waals surface area contributed by atoms with Gasteiger partial charge in [0.15, 0.2) is 0 Å². The zero-order valence-electron chi connectivity index (χ0n) is 25.8. The number of esters is 1. The molecule has 0 saturated carbocycles. The summed E-state index contributed by atoms with van der Waals surface area (Å²) in [7, 11) is 1.29. The third kappa shape index (κ3) is 7.85. The smallest absolute Gasteiger partial charge is 0.337 e. The Balaban J connectivity index is 1.49. The number of fused-ring (bicyclic) bond motifs is 1. The first-order chi connectivity index (χ1) is 22.7. The van der Waals surface area contributed by atoms with Crippen LogP contribution in [-0.4, -0.2) is 86.8 Å². The van der Waals surface area contributed by atoms with Crippen LogP contribution in [0.4, 0.5) is 4.79 Å². The van der Waals surface area contributed by atoms with Crippen LogP contribution in [0.15, 0.2) is 91.5 Å². The Labute approximate surface area is 275 Å². The fourth-order valence-corrected chi connectivity index (χ4v) is 6.13. The van der Waals surface area contributed by atoms with Crippen molar-refractivity contribution < 1.29 is 32.3 Å². The molecule has 0 aliphatic carbocycles. The van der Waals surface area contributed by atoms with Gasteiger partial charge in [0.25, 0.3) is 11.3 Å². The van der Waals surface area contributed by atoms with Gasteiger partial charge in [0, 0.05) is 26.1 Å². The lowest BCUT2D eigenvalue weighted by atomic mass is 9.98. The van der Waals surface area contributed by atoms with Gasteiger partial charge in [-0.3, -0.25) is 9.59 Å². The Morgan fingerprint density at radius 1 is 1.02 bits per heavy atom. The maximum atomic E-state index is 14.2. The average molecular weight is 661 g/mol. The Morgan fingerprint density at radius 2 is 1.74 bits per heavy atom. The van der Waals surface area contributed by atoms with Gasteiger partial charge in [0.2, 0.25) is 11.8 Å². The van der Waals surface area contributed by atoms with E-state index in [4.69, 9.17) is 14.1 Å². The van der Waals surface area contributed by atoms with Gasteiger partial charge in [0.1, 0.15) is 18.0 Å². The Bertz CT molecular complexity index is 1650. The number of carbonyl (C=O) groups excluding carboxylic acids is 4. The van der Waals surface area contributed by atoms with Gasteiger partial charge in [-0.1, -0.05) is 60.7 Å². The standard InChI is InChI=1S/C33H36N6O7S/c1-3-16-37-22-30(40)38-28(18-23-12-14-27(15-13-23)46-47(34)44)31(41)36(20-25-10-7-11-26(17-25)32(42)45-2)21-29(38)39(37)33(43)35-19-24-8-5-4-6-9-24/h3-15,17,28-29H,1,16,18-22,34H2,2H3,(H,35,43)/t28-,29-,47?/m0/s1. The Morgan fingerprint density at radius 3 is 2.43 bits per heavy atom. The fourth-order valence-electron chi connectivity index (χ4n) is 5.83. The summed E-state index contributed by atoms with van der Waals surface area (Å²) in [5.41, 5.74) is 2.61.